The number of hydrogen-bond acceptors (Lipinski definition) is 6. The molecule has 0 unspecified atom stereocenters. The lowest BCUT2D eigenvalue weighted by Crippen LogP contribution is -1.99. The van der Waals surface area contributed by atoms with E-state index in [2.05, 4.69) is 0 Å². The number of ketones is 1. The number of allylic oxidation sites excluding steroid dienone is 1. The van der Waals surface area contributed by atoms with Gasteiger partial charge in [-0.05, 0) is 24.3 Å². The Morgan fingerprint density at radius 2 is 1.68 bits per heavy atom. The van der Waals surface area contributed by atoms with Crippen LogP contribution in [-0.2, 0) is 0 Å². The summed E-state index contributed by atoms with van der Waals surface area (Å²) in [6.07, 6.45) is 2.29. The number of carbonyl (C=O) groups is 1. The van der Waals surface area contributed by atoms with Gasteiger partial charge in [0.2, 0.25) is 0 Å². The van der Waals surface area contributed by atoms with E-state index in [0.29, 0.717) is 0 Å². The van der Waals surface area contributed by atoms with Crippen molar-refractivity contribution in [3.8, 4) is 28.7 Å². The average Bonchev–Trinajstić information content (AvgIpc) is 2.45. The smallest absolute Gasteiger partial charge is 0.193 e. The Kier molecular flexibility index (Phi) is 4.22. The molecule has 0 aliphatic heterocycles. The van der Waals surface area contributed by atoms with Crippen molar-refractivity contribution in [2.24, 2.45) is 0 Å². The molecule has 0 saturated carbocycles. The van der Waals surface area contributed by atoms with Crippen molar-refractivity contribution in [1.82, 2.24) is 0 Å². The van der Waals surface area contributed by atoms with Crippen LogP contribution in [-0.4, -0.2) is 33.3 Å². The number of rotatable bonds is 4. The van der Waals surface area contributed by atoms with Crippen LogP contribution in [0.4, 0.5) is 0 Å². The molecule has 0 saturated heterocycles. The number of phenolic OH excluding ortho intramolecular Hbond substituents is 4. The fourth-order valence-corrected chi connectivity index (χ4v) is 1.95. The summed E-state index contributed by atoms with van der Waals surface area (Å²) in [5.41, 5.74) is -0.0560. The van der Waals surface area contributed by atoms with Crippen molar-refractivity contribution in [2.45, 2.75) is 0 Å². The van der Waals surface area contributed by atoms with Gasteiger partial charge in [0.1, 0.15) is 34.3 Å². The maximum absolute atomic E-state index is 12.2. The lowest BCUT2D eigenvalue weighted by Gasteiger charge is -2.08. The average molecular weight is 302 g/mol. The van der Waals surface area contributed by atoms with Crippen LogP contribution in [0, 0.1) is 0 Å². The van der Waals surface area contributed by atoms with Crippen molar-refractivity contribution < 1.29 is 30.0 Å². The van der Waals surface area contributed by atoms with E-state index in [4.69, 9.17) is 4.74 Å². The number of benzene rings is 2. The largest absolute Gasteiger partial charge is 0.508 e. The first-order chi connectivity index (χ1) is 10.4. The molecule has 0 aromatic heterocycles. The van der Waals surface area contributed by atoms with Crippen LogP contribution in [0.1, 0.15) is 15.9 Å². The standard InChI is InChI=1S/C16H14O6/c1-22-15-8-9(17)7-14(21)16(15)13(20)6-5-10-11(18)3-2-4-12(10)19/h2-8,17-19,21H,1H3. The summed E-state index contributed by atoms with van der Waals surface area (Å²) in [4.78, 5) is 12.2. The van der Waals surface area contributed by atoms with E-state index >= 15 is 0 Å². The van der Waals surface area contributed by atoms with Crippen molar-refractivity contribution in [3.63, 3.8) is 0 Å². The molecule has 4 N–H and O–H groups in total. The first kappa shape index (κ1) is 15.2. The van der Waals surface area contributed by atoms with Gasteiger partial charge in [0.25, 0.3) is 0 Å². The van der Waals surface area contributed by atoms with Gasteiger partial charge in [-0.2, -0.15) is 0 Å². The molecule has 0 aliphatic carbocycles. The van der Waals surface area contributed by atoms with Crippen molar-refractivity contribution in [3.05, 3.63) is 47.5 Å². The molecule has 0 heterocycles. The van der Waals surface area contributed by atoms with E-state index in [1.54, 1.807) is 0 Å². The zero-order valence-electron chi connectivity index (χ0n) is 11.6. The molecule has 6 nitrogen and oxygen atoms in total. The molecule has 114 valence electrons. The third-order valence-corrected chi connectivity index (χ3v) is 2.99. The van der Waals surface area contributed by atoms with E-state index < -0.39 is 11.5 Å². The van der Waals surface area contributed by atoms with E-state index in [1.165, 1.54) is 37.5 Å². The van der Waals surface area contributed by atoms with Crippen LogP contribution >= 0.6 is 0 Å². The topological polar surface area (TPSA) is 107 Å². The third kappa shape index (κ3) is 2.95. The molecule has 2 rings (SSSR count). The first-order valence-corrected chi connectivity index (χ1v) is 6.27. The van der Waals surface area contributed by atoms with Gasteiger partial charge in [-0.25, -0.2) is 0 Å². The summed E-state index contributed by atoms with van der Waals surface area (Å²) in [6.45, 7) is 0. The van der Waals surface area contributed by atoms with E-state index in [9.17, 15) is 25.2 Å². The van der Waals surface area contributed by atoms with Crippen LogP contribution in [0.2, 0.25) is 0 Å². The molecule has 0 spiro atoms. The maximum atomic E-state index is 12.2. The van der Waals surface area contributed by atoms with Gasteiger partial charge in [0, 0.05) is 12.1 Å². The van der Waals surface area contributed by atoms with Crippen LogP contribution in [0.3, 0.4) is 0 Å². The van der Waals surface area contributed by atoms with Crippen molar-refractivity contribution in [2.75, 3.05) is 7.11 Å². The van der Waals surface area contributed by atoms with E-state index in [-0.39, 0.29) is 34.1 Å². The molecule has 2 aromatic rings. The highest BCUT2D eigenvalue weighted by atomic mass is 16.5. The maximum Gasteiger partial charge on any atom is 0.193 e. The minimum Gasteiger partial charge on any atom is -0.508 e. The quantitative estimate of drug-likeness (QED) is 0.510. The van der Waals surface area contributed by atoms with Gasteiger partial charge in [-0.1, -0.05) is 6.07 Å². The summed E-state index contributed by atoms with van der Waals surface area (Å²) in [5.74, 6) is -1.66. The second-order valence-electron chi connectivity index (χ2n) is 4.45. The molecule has 6 heteroatoms. The Labute approximate surface area is 126 Å². The first-order valence-electron chi connectivity index (χ1n) is 6.27. The Balaban J connectivity index is 2.40. The molecule has 0 aliphatic rings. The van der Waals surface area contributed by atoms with E-state index in [0.717, 1.165) is 12.1 Å². The van der Waals surface area contributed by atoms with Crippen LogP contribution in [0.15, 0.2) is 36.4 Å². The van der Waals surface area contributed by atoms with Crippen molar-refractivity contribution in [1.29, 1.82) is 0 Å². The predicted molar refractivity (Wildman–Crippen MR) is 79.5 cm³/mol. The van der Waals surface area contributed by atoms with Gasteiger partial charge in [0.05, 0.1) is 12.7 Å². The molecule has 0 radical (unpaired) electrons. The fraction of sp³-hybridized carbons (Fsp3) is 0.0625. The molecule has 0 fully saturated rings. The number of carbonyl (C=O) groups excluding carboxylic acids is 1. The molecule has 0 bridgehead atoms. The predicted octanol–water partition coefficient (Wildman–Crippen LogP) is 2.41. The number of methoxy groups -OCH3 is 1. The van der Waals surface area contributed by atoms with Gasteiger partial charge >= 0.3 is 0 Å². The fourth-order valence-electron chi connectivity index (χ4n) is 1.95. The minimum atomic E-state index is -0.614. The second kappa shape index (κ2) is 6.09. The van der Waals surface area contributed by atoms with Crippen LogP contribution in [0.25, 0.3) is 6.08 Å². The summed E-state index contributed by atoms with van der Waals surface area (Å²) in [7, 11) is 1.30. The summed E-state index contributed by atoms with van der Waals surface area (Å²) in [6, 6.07) is 6.39. The molecule has 22 heavy (non-hydrogen) atoms. The molecule has 0 atom stereocenters. The lowest BCUT2D eigenvalue weighted by atomic mass is 10.1. The SMILES string of the molecule is COc1cc(O)cc(O)c1C(=O)C=Cc1c(O)cccc1O. The highest BCUT2D eigenvalue weighted by molar-refractivity contribution is 6.10. The Hall–Kier alpha value is -3.15. The van der Waals surface area contributed by atoms with Gasteiger partial charge in [-0.3, -0.25) is 4.79 Å². The van der Waals surface area contributed by atoms with Crippen LogP contribution < -0.4 is 4.74 Å². The van der Waals surface area contributed by atoms with Crippen molar-refractivity contribution >= 4 is 11.9 Å². The molecular weight excluding hydrogens is 288 g/mol. The zero-order chi connectivity index (χ0) is 16.3. The number of ether oxygens (including phenoxy) is 1. The molecule has 2 aromatic carbocycles. The number of hydrogen-bond donors (Lipinski definition) is 4. The summed E-state index contributed by atoms with van der Waals surface area (Å²) < 4.78 is 4.95. The lowest BCUT2D eigenvalue weighted by molar-refractivity contribution is 0.104. The van der Waals surface area contributed by atoms with Crippen LogP contribution in [0.5, 0.6) is 28.7 Å². The Bertz CT molecular complexity index is 728. The summed E-state index contributed by atoms with van der Waals surface area (Å²) in [5, 5.41) is 38.4. The highest BCUT2D eigenvalue weighted by Gasteiger charge is 2.17. The summed E-state index contributed by atoms with van der Waals surface area (Å²) >= 11 is 0. The minimum absolute atomic E-state index is 0.00801. The normalized spacial score (nSPS) is 10.8. The Morgan fingerprint density at radius 3 is 2.27 bits per heavy atom. The number of aromatic hydroxyl groups is 4. The third-order valence-electron chi connectivity index (χ3n) is 2.99. The zero-order valence-corrected chi connectivity index (χ0v) is 11.6. The van der Waals surface area contributed by atoms with E-state index in [1.807, 2.05) is 0 Å². The molecular formula is C16H14O6. The second-order valence-corrected chi connectivity index (χ2v) is 4.45. The monoisotopic (exact) mass is 302 g/mol. The number of phenols is 4. The van der Waals surface area contributed by atoms with Gasteiger partial charge in [0.15, 0.2) is 5.78 Å². The highest BCUT2D eigenvalue weighted by Crippen LogP contribution is 2.34. The van der Waals surface area contributed by atoms with Gasteiger partial charge in [-0.15, -0.1) is 0 Å². The van der Waals surface area contributed by atoms with Gasteiger partial charge < -0.3 is 25.2 Å². The Morgan fingerprint density at radius 1 is 1.05 bits per heavy atom. The molecule has 0 amide bonds.